The number of halogens is 7. The molecule has 0 aliphatic rings. The van der Waals surface area contributed by atoms with E-state index in [1.807, 2.05) is 0 Å². The molecule has 0 saturated carbocycles. The molecule has 0 aromatic carbocycles. The maximum absolute atomic E-state index is 0. The van der Waals surface area contributed by atoms with Gasteiger partial charge in [0.25, 0.3) is 0 Å². The fraction of sp³-hybridized carbons (Fsp3) is 0. The maximum atomic E-state index is 0. The van der Waals surface area contributed by atoms with Gasteiger partial charge in [-0.05, 0) is 0 Å². The van der Waals surface area contributed by atoms with Crippen molar-refractivity contribution in [2.45, 2.75) is 0 Å². The Labute approximate surface area is 72.7 Å². The molecule has 0 atom stereocenters. The first-order chi connectivity index (χ1) is 0. The Hall–Kier alpha value is 0.972. The van der Waals surface area contributed by atoms with Crippen LogP contribution in [0.4, 0.5) is 28.2 Å². The molecular formula is H7F6IRe. The molecule has 0 aliphatic carbocycles. The average molecular weight is 434 g/mol. The summed E-state index contributed by atoms with van der Waals surface area (Å²) in [5, 5.41) is 0. The van der Waals surface area contributed by atoms with Gasteiger partial charge in [-0.3, -0.25) is 28.2 Å². The molecule has 0 amide bonds. The van der Waals surface area contributed by atoms with Crippen LogP contribution < -0.4 is 0 Å². The largest absolute Gasteiger partial charge is 0.269 e. The van der Waals surface area contributed by atoms with Gasteiger partial charge in [-0.25, -0.2) is 0 Å². The smallest absolute Gasteiger partial charge is 0 e. The summed E-state index contributed by atoms with van der Waals surface area (Å²) in [6, 6.07) is 0. The van der Waals surface area contributed by atoms with Crippen molar-refractivity contribution < 1.29 is 48.6 Å². The van der Waals surface area contributed by atoms with Crippen molar-refractivity contribution in [3.05, 3.63) is 0 Å². The predicted molar refractivity (Wildman–Crippen MR) is 30.4 cm³/mol. The molecule has 0 saturated heterocycles. The zero-order valence-corrected chi connectivity index (χ0v) is 8.28. The van der Waals surface area contributed by atoms with E-state index in [1.165, 1.54) is 0 Å². The molecule has 63 valence electrons. The molecular weight excluding hydrogens is 427 g/mol. The van der Waals surface area contributed by atoms with Crippen LogP contribution in [0.3, 0.4) is 0 Å². The van der Waals surface area contributed by atoms with Crippen molar-refractivity contribution in [1.29, 1.82) is 0 Å². The fourth-order valence-corrected chi connectivity index (χ4v) is 0. The van der Waals surface area contributed by atoms with E-state index < -0.39 is 0 Å². The quantitative estimate of drug-likeness (QED) is 0.401. The van der Waals surface area contributed by atoms with Crippen molar-refractivity contribution in [3.8, 4) is 0 Å². The first kappa shape index (κ1) is 603. The third kappa shape index (κ3) is 263. The van der Waals surface area contributed by atoms with Gasteiger partial charge in [0.1, 0.15) is 0 Å². The van der Waals surface area contributed by atoms with Crippen LogP contribution in [0.5, 0.6) is 0 Å². The van der Waals surface area contributed by atoms with Gasteiger partial charge in [-0.2, -0.15) is 0 Å². The van der Waals surface area contributed by atoms with Gasteiger partial charge in [0.2, 0.25) is 0 Å². The molecule has 8 heteroatoms. The van der Waals surface area contributed by atoms with E-state index in [0.29, 0.717) is 0 Å². The van der Waals surface area contributed by atoms with E-state index in [4.69, 9.17) is 0 Å². The van der Waals surface area contributed by atoms with Crippen LogP contribution in [0.15, 0.2) is 0 Å². The van der Waals surface area contributed by atoms with E-state index in [0.717, 1.165) is 0 Å². The van der Waals surface area contributed by atoms with Crippen LogP contribution in [0.1, 0.15) is 0 Å². The van der Waals surface area contributed by atoms with E-state index >= 15 is 0 Å². The Morgan fingerprint density at radius 1 is 0.375 bits per heavy atom. The van der Waals surface area contributed by atoms with Gasteiger partial charge in [0.05, 0.1) is 0 Å². The second-order valence-electron chi connectivity index (χ2n) is 0. The molecule has 0 rings (SSSR count). The Balaban J connectivity index is 0. The predicted octanol–water partition coefficient (Wildman–Crippen LogP) is 1.53. The number of hydrogen-bond acceptors (Lipinski definition) is 0. The summed E-state index contributed by atoms with van der Waals surface area (Å²) in [7, 11) is 0. The van der Waals surface area contributed by atoms with Crippen molar-refractivity contribution in [2.24, 2.45) is 0 Å². The van der Waals surface area contributed by atoms with Gasteiger partial charge < -0.3 is 0 Å². The van der Waals surface area contributed by atoms with E-state index in [-0.39, 0.29) is 72.6 Å². The summed E-state index contributed by atoms with van der Waals surface area (Å²) in [4.78, 5) is 0. The summed E-state index contributed by atoms with van der Waals surface area (Å²) in [5.41, 5.74) is 0. The molecule has 0 N–H and O–H groups in total. The molecule has 0 aromatic rings. The minimum Gasteiger partial charge on any atom is -0.269 e. The molecule has 0 unspecified atom stereocenters. The summed E-state index contributed by atoms with van der Waals surface area (Å²) in [6.45, 7) is 0. The van der Waals surface area contributed by atoms with Crippen molar-refractivity contribution >= 4 is 24.0 Å². The Bertz CT molecular complexity index is 8.49. The van der Waals surface area contributed by atoms with Crippen molar-refractivity contribution in [3.63, 3.8) is 0 Å². The monoisotopic (exact) mass is 435 g/mol. The normalized spacial score (nSPS) is 0. The van der Waals surface area contributed by atoms with E-state index in [1.54, 1.807) is 0 Å². The molecule has 0 fully saturated rings. The molecule has 0 spiro atoms. The second-order valence-corrected chi connectivity index (χ2v) is 0. The zero-order valence-electron chi connectivity index (χ0n) is 3.24. The van der Waals surface area contributed by atoms with Gasteiger partial charge >= 0.3 is 0 Å². The van der Waals surface area contributed by atoms with Crippen LogP contribution in [0.2, 0.25) is 0 Å². The molecule has 1 radical (unpaired) electrons. The van der Waals surface area contributed by atoms with Crippen LogP contribution >= 0.6 is 24.0 Å². The summed E-state index contributed by atoms with van der Waals surface area (Å²) < 4.78 is 0. The molecule has 8 heavy (non-hydrogen) atoms. The molecule has 0 nitrogen and oxygen atoms in total. The molecule has 0 aromatic heterocycles. The van der Waals surface area contributed by atoms with Crippen LogP contribution in [-0.2, 0) is 20.4 Å². The summed E-state index contributed by atoms with van der Waals surface area (Å²) >= 11 is 0. The molecule has 0 aliphatic heterocycles. The van der Waals surface area contributed by atoms with Gasteiger partial charge in [-0.1, -0.05) is 0 Å². The number of rotatable bonds is 0. The Morgan fingerprint density at radius 2 is 0.375 bits per heavy atom. The SMILES string of the molecule is F.F.F.F.F.F.I.[Re]. The van der Waals surface area contributed by atoms with E-state index in [9.17, 15) is 0 Å². The Kier molecular flexibility index (Phi) is 30900. The Morgan fingerprint density at radius 3 is 0.375 bits per heavy atom. The minimum atomic E-state index is 0. The first-order valence-corrected chi connectivity index (χ1v) is 0. The van der Waals surface area contributed by atoms with Crippen molar-refractivity contribution in [1.82, 2.24) is 0 Å². The first-order valence-electron chi connectivity index (χ1n) is 0. The summed E-state index contributed by atoms with van der Waals surface area (Å²) in [6.07, 6.45) is 0. The molecule has 0 bridgehead atoms. The zero-order chi connectivity index (χ0) is 0. The topological polar surface area (TPSA) is 0 Å². The van der Waals surface area contributed by atoms with Crippen LogP contribution in [0, 0.1) is 0 Å². The fourth-order valence-electron chi connectivity index (χ4n) is 0. The van der Waals surface area contributed by atoms with Crippen molar-refractivity contribution in [2.75, 3.05) is 0 Å². The number of hydrogen-bond donors (Lipinski definition) is 0. The average Bonchev–Trinajstić information content (AvgIpc) is 0. The van der Waals surface area contributed by atoms with Gasteiger partial charge in [-0.15, -0.1) is 24.0 Å². The van der Waals surface area contributed by atoms with Gasteiger partial charge in [0.15, 0.2) is 0 Å². The summed E-state index contributed by atoms with van der Waals surface area (Å²) in [5.74, 6) is 0. The van der Waals surface area contributed by atoms with Crippen LogP contribution in [0.25, 0.3) is 0 Å². The third-order valence-corrected chi connectivity index (χ3v) is 0. The van der Waals surface area contributed by atoms with Crippen LogP contribution in [-0.4, -0.2) is 0 Å². The minimum absolute atomic E-state index is 0. The third-order valence-electron chi connectivity index (χ3n) is 0. The standard InChI is InChI=1S/6FH.HI.Re/h7*1H;. The van der Waals surface area contributed by atoms with E-state index in [2.05, 4.69) is 0 Å². The second kappa shape index (κ2) is 410. The molecule has 0 heterocycles. The van der Waals surface area contributed by atoms with Gasteiger partial charge in [0, 0.05) is 20.4 Å². The maximum Gasteiger partial charge on any atom is 0 e.